The fourth-order valence-electron chi connectivity index (χ4n) is 3.02. The van der Waals surface area contributed by atoms with Crippen molar-refractivity contribution in [2.75, 3.05) is 45.8 Å². The predicted octanol–water partition coefficient (Wildman–Crippen LogP) is 0.239. The number of thioether (sulfide) groups is 1. The topological polar surface area (TPSA) is 146 Å². The van der Waals surface area contributed by atoms with Crippen LogP contribution in [0.2, 0.25) is 0 Å². The third-order valence-electron chi connectivity index (χ3n) is 4.90. The van der Waals surface area contributed by atoms with E-state index in [1.54, 1.807) is 11.8 Å². The number of hydrogen-bond acceptors (Lipinski definition) is 8. The molecular formula is C21H47N5O6S. The number of likely N-dealkylation sites (N-methyl/N-ethyl adjacent to an activating group) is 1. The van der Waals surface area contributed by atoms with E-state index in [1.165, 1.54) is 14.0 Å². The number of hydrogen-bond donors (Lipinski definition) is 4. The number of esters is 1. The number of rotatable bonds is 12. The van der Waals surface area contributed by atoms with E-state index in [-0.39, 0.29) is 30.7 Å². The molecule has 1 rings (SSSR count). The number of carbonyl (C=O) groups excluding carboxylic acids is 5. The molecule has 0 bridgehead atoms. The number of likely N-dealkylation sites (tertiary alicyclic amines) is 1. The molecule has 0 spiro atoms. The second kappa shape index (κ2) is 17.2. The van der Waals surface area contributed by atoms with Gasteiger partial charge in [0.1, 0.15) is 18.6 Å². The van der Waals surface area contributed by atoms with E-state index in [9.17, 15) is 24.0 Å². The molecule has 0 saturated carbocycles. The standard InChI is InChI=1S/C19H33N5O6S.C2H6.4H2/c1-12(17(27)21-10-15(25)20-11-16(26)30-3)22-18(28)13(7-9-31-4)23-19(29)14-6-5-8-24(14)2;1-2;;;;/h12-14H,5-11H2,1-4H3,(H,20,25)(H,21,27)(H,22,28)(H,23,29);1-2H3;4*1H/t12-,13-,14-;;;;;/m0...../s1. The Labute approximate surface area is 206 Å². The molecule has 0 aliphatic carbocycles. The Morgan fingerprint density at radius 3 is 2.30 bits per heavy atom. The van der Waals surface area contributed by atoms with Gasteiger partial charge >= 0.3 is 5.97 Å². The van der Waals surface area contributed by atoms with Crippen LogP contribution in [-0.2, 0) is 28.7 Å². The molecule has 1 aliphatic rings. The van der Waals surface area contributed by atoms with Crippen molar-refractivity contribution < 1.29 is 34.4 Å². The van der Waals surface area contributed by atoms with Gasteiger partial charge in [0.2, 0.25) is 23.6 Å². The molecule has 12 heteroatoms. The summed E-state index contributed by atoms with van der Waals surface area (Å²) < 4.78 is 4.40. The molecule has 11 nitrogen and oxygen atoms in total. The van der Waals surface area contributed by atoms with Crippen LogP contribution in [0.1, 0.15) is 45.7 Å². The van der Waals surface area contributed by atoms with Gasteiger partial charge in [0, 0.05) is 5.71 Å². The number of carbonyl (C=O) groups is 5. The van der Waals surface area contributed by atoms with E-state index < -0.39 is 35.8 Å². The monoisotopic (exact) mass is 497 g/mol. The molecule has 0 aromatic rings. The van der Waals surface area contributed by atoms with Gasteiger partial charge in [-0.3, -0.25) is 28.9 Å². The van der Waals surface area contributed by atoms with Crippen LogP contribution in [0.4, 0.5) is 0 Å². The lowest BCUT2D eigenvalue weighted by atomic mass is 10.1. The van der Waals surface area contributed by atoms with Crippen molar-refractivity contribution in [3.05, 3.63) is 0 Å². The highest BCUT2D eigenvalue weighted by molar-refractivity contribution is 7.98. The third kappa shape index (κ3) is 11.9. The smallest absolute Gasteiger partial charge is 0.325 e. The largest absolute Gasteiger partial charge is 0.468 e. The summed E-state index contributed by atoms with van der Waals surface area (Å²) in [6, 6.07) is -1.93. The molecule has 3 atom stereocenters. The molecule has 4 amide bonds. The lowest BCUT2D eigenvalue weighted by Crippen LogP contribution is -2.55. The van der Waals surface area contributed by atoms with Gasteiger partial charge in [-0.1, -0.05) is 13.8 Å². The van der Waals surface area contributed by atoms with Crippen LogP contribution >= 0.6 is 11.8 Å². The summed E-state index contributed by atoms with van der Waals surface area (Å²) in [4.78, 5) is 62.0. The zero-order valence-corrected chi connectivity index (χ0v) is 21.3. The van der Waals surface area contributed by atoms with E-state index in [4.69, 9.17) is 0 Å². The average molecular weight is 498 g/mol. The van der Waals surface area contributed by atoms with Crippen LogP contribution in [0.3, 0.4) is 0 Å². The Morgan fingerprint density at radius 1 is 1.09 bits per heavy atom. The Kier molecular flexibility index (Phi) is 16.0. The van der Waals surface area contributed by atoms with Gasteiger partial charge in [-0.2, -0.15) is 11.8 Å². The fourth-order valence-corrected chi connectivity index (χ4v) is 3.49. The van der Waals surface area contributed by atoms with Crippen LogP contribution < -0.4 is 21.3 Å². The third-order valence-corrected chi connectivity index (χ3v) is 5.54. The first-order valence-electron chi connectivity index (χ1n) is 11.1. The van der Waals surface area contributed by atoms with Crippen LogP contribution in [0.15, 0.2) is 0 Å². The Morgan fingerprint density at radius 2 is 1.76 bits per heavy atom. The quantitative estimate of drug-likeness (QED) is 0.281. The van der Waals surface area contributed by atoms with Crippen molar-refractivity contribution in [3.8, 4) is 0 Å². The van der Waals surface area contributed by atoms with Crippen molar-refractivity contribution in [2.45, 2.75) is 58.2 Å². The van der Waals surface area contributed by atoms with Gasteiger partial charge in [0.15, 0.2) is 0 Å². The van der Waals surface area contributed by atoms with Crippen LogP contribution in [0.5, 0.6) is 0 Å². The Hall–Kier alpha value is -2.34. The maximum absolute atomic E-state index is 12.7. The summed E-state index contributed by atoms with van der Waals surface area (Å²) in [5.74, 6) is -1.72. The van der Waals surface area contributed by atoms with Crippen molar-refractivity contribution in [3.63, 3.8) is 0 Å². The molecular weight excluding hydrogens is 450 g/mol. The summed E-state index contributed by atoms with van der Waals surface area (Å²) >= 11 is 1.55. The van der Waals surface area contributed by atoms with Crippen LogP contribution in [0, 0.1) is 0 Å². The maximum atomic E-state index is 12.7. The summed E-state index contributed by atoms with van der Waals surface area (Å²) in [5.41, 5.74) is 0. The van der Waals surface area contributed by atoms with Crippen LogP contribution in [-0.4, -0.2) is 98.4 Å². The summed E-state index contributed by atoms with van der Waals surface area (Å²) in [5, 5.41) is 10.1. The number of methoxy groups -OCH3 is 1. The van der Waals surface area contributed by atoms with Crippen molar-refractivity contribution >= 4 is 41.4 Å². The molecule has 0 aromatic carbocycles. The minimum Gasteiger partial charge on any atom is -0.468 e. The SMILES string of the molecule is CC.COC(=O)CNC(=O)CNC(=O)[C@H](C)NC(=O)[C@H](CCSC)NC(=O)[C@@H]1CCCN1C.[HH].[HH].[HH].[HH]. The lowest BCUT2D eigenvalue weighted by molar-refractivity contribution is -0.141. The second-order valence-electron chi connectivity index (χ2n) is 7.28. The van der Waals surface area contributed by atoms with Crippen LogP contribution in [0.25, 0.3) is 0 Å². The number of ether oxygens (including phenoxy) is 1. The highest BCUT2D eigenvalue weighted by Crippen LogP contribution is 2.15. The van der Waals surface area contributed by atoms with Gasteiger partial charge in [0.25, 0.3) is 0 Å². The van der Waals surface area contributed by atoms with E-state index in [0.29, 0.717) is 12.2 Å². The maximum Gasteiger partial charge on any atom is 0.325 e. The lowest BCUT2D eigenvalue weighted by Gasteiger charge is -2.24. The highest BCUT2D eigenvalue weighted by Gasteiger charge is 2.31. The van der Waals surface area contributed by atoms with Gasteiger partial charge in [0.05, 0.1) is 19.7 Å². The zero-order chi connectivity index (χ0) is 25.4. The average Bonchev–Trinajstić information content (AvgIpc) is 3.25. The Balaban J connectivity index is -0.000000554. The number of nitrogens with one attached hydrogen (secondary N) is 4. The molecule has 1 fully saturated rings. The molecule has 1 aliphatic heterocycles. The molecule has 1 heterocycles. The molecule has 0 unspecified atom stereocenters. The van der Waals surface area contributed by atoms with E-state index >= 15 is 0 Å². The molecule has 1 saturated heterocycles. The first kappa shape index (κ1) is 30.7. The van der Waals surface area contributed by atoms with Gasteiger partial charge in [-0.05, 0) is 51.8 Å². The second-order valence-corrected chi connectivity index (χ2v) is 8.27. The normalized spacial score (nSPS) is 17.0. The van der Waals surface area contributed by atoms with Crippen molar-refractivity contribution in [1.82, 2.24) is 26.2 Å². The minimum absolute atomic E-state index is 0. The van der Waals surface area contributed by atoms with Crippen molar-refractivity contribution in [1.29, 1.82) is 0 Å². The van der Waals surface area contributed by atoms with E-state index in [1.807, 2.05) is 32.1 Å². The number of amides is 4. The van der Waals surface area contributed by atoms with Crippen molar-refractivity contribution in [2.24, 2.45) is 0 Å². The molecule has 0 radical (unpaired) electrons. The zero-order valence-electron chi connectivity index (χ0n) is 20.5. The van der Waals surface area contributed by atoms with E-state index in [0.717, 1.165) is 19.4 Å². The minimum atomic E-state index is -0.913. The molecule has 4 N–H and O–H groups in total. The summed E-state index contributed by atoms with van der Waals surface area (Å²) in [6.45, 7) is 5.67. The molecule has 33 heavy (non-hydrogen) atoms. The molecule has 0 aromatic heterocycles. The molecule has 198 valence electrons. The number of nitrogens with zero attached hydrogens (tertiary/aromatic N) is 1. The van der Waals surface area contributed by atoms with Gasteiger partial charge in [-0.15, -0.1) is 0 Å². The predicted molar refractivity (Wildman–Crippen MR) is 136 cm³/mol. The fraction of sp³-hybridized carbons (Fsp3) is 0.762. The summed E-state index contributed by atoms with van der Waals surface area (Å²) in [6.07, 6.45) is 4.01. The summed E-state index contributed by atoms with van der Waals surface area (Å²) in [7, 11) is 3.07. The first-order valence-corrected chi connectivity index (χ1v) is 12.5. The van der Waals surface area contributed by atoms with Gasteiger partial charge in [-0.25, -0.2) is 0 Å². The Bertz CT molecular complexity index is 681. The highest BCUT2D eigenvalue weighted by atomic mass is 32.2. The first-order chi connectivity index (χ1) is 15.7. The van der Waals surface area contributed by atoms with E-state index in [2.05, 4.69) is 26.0 Å². The van der Waals surface area contributed by atoms with Gasteiger partial charge < -0.3 is 26.0 Å².